The van der Waals surface area contributed by atoms with Crippen molar-refractivity contribution in [2.75, 3.05) is 13.1 Å². The second-order valence-electron chi connectivity index (χ2n) is 8.20. The van der Waals surface area contributed by atoms with Gasteiger partial charge in [-0.3, -0.25) is 9.69 Å². The Morgan fingerprint density at radius 1 is 1.19 bits per heavy atom. The summed E-state index contributed by atoms with van der Waals surface area (Å²) >= 11 is 7.49. The molecule has 2 N–H and O–H groups in total. The standard InChI is InChI=1S/C24H28ClN3O2S2/c1-3-18-14-21(16(2)26-24(18)29)22-8-9-23(31-22)32(30)27-20-10-12-28(13-11-20)15-17-4-6-19(25)7-5-17/h4-9,14,20,27H,3,10-13,15H2,1-2H3,(H,26,29). The quantitative estimate of drug-likeness (QED) is 0.496. The van der Waals surface area contributed by atoms with E-state index in [-0.39, 0.29) is 11.6 Å². The van der Waals surface area contributed by atoms with Crippen LogP contribution in [0.2, 0.25) is 5.02 Å². The molecule has 3 heterocycles. The Hall–Kier alpha value is -1.77. The minimum Gasteiger partial charge on any atom is -0.326 e. The molecule has 1 fully saturated rings. The summed E-state index contributed by atoms with van der Waals surface area (Å²) in [5.74, 6) is 0. The Morgan fingerprint density at radius 2 is 1.91 bits per heavy atom. The van der Waals surface area contributed by atoms with E-state index >= 15 is 0 Å². The van der Waals surface area contributed by atoms with Gasteiger partial charge in [0.15, 0.2) is 0 Å². The number of aryl methyl sites for hydroxylation is 2. The van der Waals surface area contributed by atoms with Crippen LogP contribution in [-0.2, 0) is 24.0 Å². The van der Waals surface area contributed by atoms with Gasteiger partial charge in [-0.05, 0) is 62.1 Å². The molecule has 0 aliphatic carbocycles. The fourth-order valence-electron chi connectivity index (χ4n) is 4.02. The number of benzene rings is 1. The molecule has 1 unspecified atom stereocenters. The lowest BCUT2D eigenvalue weighted by Crippen LogP contribution is -2.42. The van der Waals surface area contributed by atoms with Gasteiger partial charge < -0.3 is 4.98 Å². The van der Waals surface area contributed by atoms with Crippen molar-refractivity contribution < 1.29 is 4.21 Å². The minimum absolute atomic E-state index is 0.0295. The predicted molar refractivity (Wildman–Crippen MR) is 134 cm³/mol. The topological polar surface area (TPSA) is 65.2 Å². The molecule has 0 amide bonds. The zero-order valence-corrected chi connectivity index (χ0v) is 20.7. The lowest BCUT2D eigenvalue weighted by Gasteiger charge is -2.32. The third kappa shape index (κ3) is 5.58. The summed E-state index contributed by atoms with van der Waals surface area (Å²) in [6, 6.07) is 14.1. The Labute approximate surface area is 200 Å². The van der Waals surface area contributed by atoms with Crippen molar-refractivity contribution in [1.29, 1.82) is 0 Å². The largest absolute Gasteiger partial charge is 0.326 e. The maximum atomic E-state index is 13.0. The summed E-state index contributed by atoms with van der Waals surface area (Å²) in [5, 5.41) is 0.761. The highest BCUT2D eigenvalue weighted by Crippen LogP contribution is 2.31. The molecule has 0 spiro atoms. The van der Waals surface area contributed by atoms with Crippen LogP contribution in [0.5, 0.6) is 0 Å². The van der Waals surface area contributed by atoms with Crippen LogP contribution in [0.3, 0.4) is 0 Å². The number of aromatic nitrogens is 1. The Bertz CT molecular complexity index is 1150. The Morgan fingerprint density at radius 3 is 2.59 bits per heavy atom. The van der Waals surface area contributed by atoms with E-state index in [2.05, 4.69) is 26.7 Å². The molecule has 0 radical (unpaired) electrons. The van der Waals surface area contributed by atoms with Crippen LogP contribution in [0.15, 0.2) is 51.5 Å². The van der Waals surface area contributed by atoms with Crippen LogP contribution >= 0.6 is 22.9 Å². The fourth-order valence-corrected chi connectivity index (χ4v) is 6.51. The highest BCUT2D eigenvalue weighted by molar-refractivity contribution is 7.85. The molecule has 3 aromatic rings. The predicted octanol–water partition coefficient (Wildman–Crippen LogP) is 4.90. The summed E-state index contributed by atoms with van der Waals surface area (Å²) in [4.78, 5) is 18.4. The first-order valence-corrected chi connectivity index (χ1v) is 13.2. The second-order valence-corrected chi connectivity index (χ2v) is 11.2. The highest BCUT2D eigenvalue weighted by Gasteiger charge is 2.22. The number of H-pyrrole nitrogens is 1. The monoisotopic (exact) mass is 489 g/mol. The van der Waals surface area contributed by atoms with Crippen molar-refractivity contribution in [1.82, 2.24) is 14.6 Å². The third-order valence-corrected chi connectivity index (χ3v) is 8.82. The van der Waals surface area contributed by atoms with Crippen LogP contribution < -0.4 is 10.3 Å². The molecule has 0 saturated carbocycles. The lowest BCUT2D eigenvalue weighted by molar-refractivity contribution is 0.200. The van der Waals surface area contributed by atoms with Crippen LogP contribution in [0, 0.1) is 6.92 Å². The number of rotatable bonds is 7. The van der Waals surface area contributed by atoms with E-state index in [0.717, 1.165) is 63.4 Å². The molecule has 32 heavy (non-hydrogen) atoms. The maximum absolute atomic E-state index is 13.0. The smallest absolute Gasteiger partial charge is 0.251 e. The number of nitrogens with zero attached hydrogens (tertiary/aromatic N) is 1. The van der Waals surface area contributed by atoms with Crippen molar-refractivity contribution in [2.24, 2.45) is 0 Å². The summed E-state index contributed by atoms with van der Waals surface area (Å²) in [6.45, 7) is 6.75. The van der Waals surface area contributed by atoms with Crippen molar-refractivity contribution in [3.8, 4) is 10.4 Å². The summed E-state index contributed by atoms with van der Waals surface area (Å²) in [7, 11) is -1.24. The first kappa shape index (κ1) is 23.4. The molecule has 1 atom stereocenters. The van der Waals surface area contributed by atoms with Gasteiger partial charge in [-0.25, -0.2) is 8.93 Å². The number of nitrogens with one attached hydrogen (secondary N) is 2. The SMILES string of the molecule is CCc1cc(-c2ccc(S(=O)NC3CCN(Cc4ccc(Cl)cc4)CC3)s2)c(C)[nH]c1=O. The van der Waals surface area contributed by atoms with Crippen molar-refractivity contribution in [3.63, 3.8) is 0 Å². The molecule has 1 aromatic carbocycles. The van der Waals surface area contributed by atoms with Gasteiger partial charge >= 0.3 is 0 Å². The number of halogens is 1. The van der Waals surface area contributed by atoms with Crippen LogP contribution in [0.1, 0.15) is 36.6 Å². The second kappa shape index (κ2) is 10.4. The zero-order chi connectivity index (χ0) is 22.7. The molecule has 4 rings (SSSR count). The number of thiophene rings is 1. The third-order valence-electron chi connectivity index (χ3n) is 5.91. The molecule has 5 nitrogen and oxygen atoms in total. The van der Waals surface area contributed by atoms with E-state index in [1.807, 2.05) is 44.2 Å². The number of aromatic amines is 1. The molecule has 2 aromatic heterocycles. The number of hydrogen-bond donors (Lipinski definition) is 2. The van der Waals surface area contributed by atoms with Gasteiger partial charge in [-0.15, -0.1) is 11.3 Å². The fraction of sp³-hybridized carbons (Fsp3) is 0.375. The van der Waals surface area contributed by atoms with Crippen molar-refractivity contribution >= 4 is 33.9 Å². The Kier molecular flexibility index (Phi) is 7.63. The van der Waals surface area contributed by atoms with Crippen LogP contribution in [0.25, 0.3) is 10.4 Å². The van der Waals surface area contributed by atoms with Crippen LogP contribution in [0.4, 0.5) is 0 Å². The van der Waals surface area contributed by atoms with Gasteiger partial charge in [-0.1, -0.05) is 30.7 Å². The molecule has 0 bridgehead atoms. The van der Waals surface area contributed by atoms with E-state index in [1.165, 1.54) is 16.9 Å². The molecule has 170 valence electrons. The Balaban J connectivity index is 1.34. The van der Waals surface area contributed by atoms with E-state index in [0.29, 0.717) is 6.42 Å². The average Bonchev–Trinajstić information content (AvgIpc) is 3.27. The molecular formula is C24H28ClN3O2S2. The van der Waals surface area contributed by atoms with E-state index < -0.39 is 11.0 Å². The van der Waals surface area contributed by atoms with E-state index in [1.54, 1.807) is 0 Å². The van der Waals surface area contributed by atoms with E-state index in [4.69, 9.17) is 11.6 Å². The normalized spacial score (nSPS) is 16.3. The van der Waals surface area contributed by atoms with Gasteiger partial charge in [0, 0.05) is 52.4 Å². The maximum Gasteiger partial charge on any atom is 0.251 e. The molecule has 1 aliphatic rings. The number of piperidine rings is 1. The van der Waals surface area contributed by atoms with Crippen molar-refractivity contribution in [2.45, 2.75) is 49.9 Å². The summed E-state index contributed by atoms with van der Waals surface area (Å²) < 4.78 is 17.1. The molecule has 8 heteroatoms. The van der Waals surface area contributed by atoms with Crippen molar-refractivity contribution in [3.05, 3.63) is 74.7 Å². The first-order chi connectivity index (χ1) is 15.4. The number of likely N-dealkylation sites (tertiary alicyclic amines) is 1. The van der Waals surface area contributed by atoms with E-state index in [9.17, 15) is 9.00 Å². The number of hydrogen-bond acceptors (Lipinski definition) is 4. The first-order valence-electron chi connectivity index (χ1n) is 10.9. The van der Waals surface area contributed by atoms with Gasteiger partial charge in [-0.2, -0.15) is 0 Å². The summed E-state index contributed by atoms with van der Waals surface area (Å²) in [5.41, 5.74) is 3.85. The van der Waals surface area contributed by atoms with Gasteiger partial charge in [0.2, 0.25) is 0 Å². The zero-order valence-electron chi connectivity index (χ0n) is 18.3. The van der Waals surface area contributed by atoms with Gasteiger partial charge in [0.05, 0.1) is 0 Å². The molecular weight excluding hydrogens is 462 g/mol. The minimum atomic E-state index is -1.24. The molecule has 1 saturated heterocycles. The lowest BCUT2D eigenvalue weighted by atomic mass is 10.1. The van der Waals surface area contributed by atoms with Crippen LogP contribution in [-0.4, -0.2) is 33.2 Å². The average molecular weight is 490 g/mol. The van der Waals surface area contributed by atoms with Gasteiger partial charge in [0.25, 0.3) is 5.56 Å². The number of pyridine rings is 1. The van der Waals surface area contributed by atoms with Gasteiger partial charge in [0.1, 0.15) is 15.2 Å². The molecule has 1 aliphatic heterocycles. The summed E-state index contributed by atoms with van der Waals surface area (Å²) in [6.07, 6.45) is 2.62. The highest BCUT2D eigenvalue weighted by atomic mass is 35.5.